The third-order valence-electron chi connectivity index (χ3n) is 2.92. The Morgan fingerprint density at radius 1 is 1.47 bits per heavy atom. The first-order chi connectivity index (χ1) is 8.82. The Balaban J connectivity index is 2.64. The van der Waals surface area contributed by atoms with Gasteiger partial charge in [0, 0.05) is 23.8 Å². The molecular formula is C12H20F2N4O. The van der Waals surface area contributed by atoms with Gasteiger partial charge in [0.1, 0.15) is 0 Å². The lowest BCUT2D eigenvalue weighted by Gasteiger charge is -2.08. The number of alkyl halides is 2. The molecule has 5 nitrogen and oxygen atoms in total. The molecule has 1 heterocycles. The predicted octanol–water partition coefficient (Wildman–Crippen LogP) is 1.29. The number of nitrogens with two attached hydrogens (primary N) is 1. The van der Waals surface area contributed by atoms with E-state index in [0.29, 0.717) is 34.6 Å². The maximum absolute atomic E-state index is 12.6. The van der Waals surface area contributed by atoms with E-state index in [1.807, 2.05) is 6.92 Å². The standard InChI is InChI=1S/C12H20F2N4O/c1-7(15)4-5-16-11(19)6-10-8(2)17-18(9(10)3)12(13)14/h7,12H,4-6,15H2,1-3H3,(H,16,19). The van der Waals surface area contributed by atoms with Crippen molar-refractivity contribution < 1.29 is 13.6 Å². The third kappa shape index (κ3) is 4.27. The molecule has 7 heteroatoms. The molecule has 0 aliphatic heterocycles. The number of halogens is 2. The number of amides is 1. The summed E-state index contributed by atoms with van der Waals surface area (Å²) in [4.78, 5) is 11.7. The molecular weight excluding hydrogens is 254 g/mol. The second kappa shape index (κ2) is 6.60. The van der Waals surface area contributed by atoms with E-state index < -0.39 is 6.55 Å². The van der Waals surface area contributed by atoms with Gasteiger partial charge in [-0.1, -0.05) is 0 Å². The third-order valence-corrected chi connectivity index (χ3v) is 2.92. The fourth-order valence-corrected chi connectivity index (χ4v) is 1.81. The minimum atomic E-state index is -2.69. The molecule has 108 valence electrons. The Labute approximate surface area is 111 Å². The maximum atomic E-state index is 12.6. The smallest absolute Gasteiger partial charge is 0.333 e. The van der Waals surface area contributed by atoms with Gasteiger partial charge >= 0.3 is 6.55 Å². The summed E-state index contributed by atoms with van der Waals surface area (Å²) < 4.78 is 25.9. The van der Waals surface area contributed by atoms with Crippen LogP contribution in [0, 0.1) is 13.8 Å². The molecule has 19 heavy (non-hydrogen) atoms. The van der Waals surface area contributed by atoms with Gasteiger partial charge in [0.2, 0.25) is 5.91 Å². The minimum absolute atomic E-state index is 0.0188. The van der Waals surface area contributed by atoms with E-state index in [2.05, 4.69) is 10.4 Å². The van der Waals surface area contributed by atoms with Crippen molar-refractivity contribution in [2.75, 3.05) is 6.54 Å². The van der Waals surface area contributed by atoms with E-state index in [1.165, 1.54) is 6.92 Å². The topological polar surface area (TPSA) is 72.9 Å². The zero-order valence-corrected chi connectivity index (χ0v) is 11.4. The SMILES string of the molecule is Cc1nn(C(F)F)c(C)c1CC(=O)NCCC(C)N. The quantitative estimate of drug-likeness (QED) is 0.821. The number of aryl methyl sites for hydroxylation is 1. The molecule has 0 saturated carbocycles. The highest BCUT2D eigenvalue weighted by Gasteiger charge is 2.18. The van der Waals surface area contributed by atoms with Crippen LogP contribution in [0.1, 0.15) is 36.8 Å². The Morgan fingerprint density at radius 2 is 2.11 bits per heavy atom. The number of carbonyl (C=O) groups is 1. The van der Waals surface area contributed by atoms with E-state index in [1.54, 1.807) is 6.92 Å². The molecule has 0 fully saturated rings. The first kappa shape index (κ1) is 15.6. The fourth-order valence-electron chi connectivity index (χ4n) is 1.81. The molecule has 0 spiro atoms. The number of hydrogen-bond acceptors (Lipinski definition) is 3. The van der Waals surface area contributed by atoms with Crippen molar-refractivity contribution in [2.24, 2.45) is 5.73 Å². The van der Waals surface area contributed by atoms with Gasteiger partial charge in [0.05, 0.1) is 12.1 Å². The van der Waals surface area contributed by atoms with Crippen LogP contribution < -0.4 is 11.1 Å². The fraction of sp³-hybridized carbons (Fsp3) is 0.667. The van der Waals surface area contributed by atoms with Crippen molar-refractivity contribution in [3.63, 3.8) is 0 Å². The van der Waals surface area contributed by atoms with Crippen LogP contribution in [-0.4, -0.2) is 28.3 Å². The van der Waals surface area contributed by atoms with Crippen molar-refractivity contribution >= 4 is 5.91 Å². The zero-order chi connectivity index (χ0) is 14.6. The number of nitrogens with one attached hydrogen (secondary N) is 1. The highest BCUT2D eigenvalue weighted by atomic mass is 19.3. The summed E-state index contributed by atoms with van der Waals surface area (Å²) in [5, 5.41) is 6.45. The summed E-state index contributed by atoms with van der Waals surface area (Å²) in [5.74, 6) is -0.208. The molecule has 1 aromatic heterocycles. The highest BCUT2D eigenvalue weighted by Crippen LogP contribution is 2.19. The molecule has 0 aliphatic rings. The van der Waals surface area contributed by atoms with Crippen LogP contribution in [0.4, 0.5) is 8.78 Å². The van der Waals surface area contributed by atoms with E-state index in [0.717, 1.165) is 0 Å². The lowest BCUT2D eigenvalue weighted by Crippen LogP contribution is -2.30. The summed E-state index contributed by atoms with van der Waals surface area (Å²) in [6.07, 6.45) is 0.739. The van der Waals surface area contributed by atoms with E-state index in [-0.39, 0.29) is 18.4 Å². The van der Waals surface area contributed by atoms with Gasteiger partial charge in [-0.05, 0) is 27.2 Å². The van der Waals surface area contributed by atoms with Crippen LogP contribution in [0.15, 0.2) is 0 Å². The normalized spacial score (nSPS) is 12.8. The lowest BCUT2D eigenvalue weighted by atomic mass is 10.1. The van der Waals surface area contributed by atoms with Crippen molar-refractivity contribution in [1.29, 1.82) is 0 Å². The van der Waals surface area contributed by atoms with Crippen LogP contribution in [0.2, 0.25) is 0 Å². The van der Waals surface area contributed by atoms with Crippen molar-refractivity contribution in [3.8, 4) is 0 Å². The summed E-state index contributed by atoms with van der Waals surface area (Å²) in [6.45, 7) is 2.81. The van der Waals surface area contributed by atoms with Gasteiger partial charge < -0.3 is 11.1 Å². The van der Waals surface area contributed by atoms with E-state index in [9.17, 15) is 13.6 Å². The molecule has 1 amide bonds. The first-order valence-electron chi connectivity index (χ1n) is 6.18. The van der Waals surface area contributed by atoms with Crippen molar-refractivity contribution in [2.45, 2.75) is 46.2 Å². The molecule has 0 aliphatic carbocycles. The molecule has 1 unspecified atom stereocenters. The molecule has 0 radical (unpaired) electrons. The van der Waals surface area contributed by atoms with Crippen LogP contribution in [0.3, 0.4) is 0 Å². The van der Waals surface area contributed by atoms with E-state index in [4.69, 9.17) is 5.73 Å². The first-order valence-corrected chi connectivity index (χ1v) is 6.18. The molecule has 0 saturated heterocycles. The number of hydrogen-bond donors (Lipinski definition) is 2. The van der Waals surface area contributed by atoms with Crippen molar-refractivity contribution in [1.82, 2.24) is 15.1 Å². The van der Waals surface area contributed by atoms with E-state index >= 15 is 0 Å². The lowest BCUT2D eigenvalue weighted by molar-refractivity contribution is -0.120. The van der Waals surface area contributed by atoms with Crippen molar-refractivity contribution in [3.05, 3.63) is 17.0 Å². The minimum Gasteiger partial charge on any atom is -0.356 e. The molecule has 3 N–H and O–H groups in total. The second-order valence-electron chi connectivity index (χ2n) is 4.66. The molecule has 1 aromatic rings. The van der Waals surface area contributed by atoms with Crippen LogP contribution in [0.5, 0.6) is 0 Å². The average molecular weight is 274 g/mol. The monoisotopic (exact) mass is 274 g/mol. The average Bonchev–Trinajstić information content (AvgIpc) is 2.56. The predicted molar refractivity (Wildman–Crippen MR) is 67.9 cm³/mol. The Kier molecular flexibility index (Phi) is 5.41. The van der Waals surface area contributed by atoms with Gasteiger partial charge in [-0.2, -0.15) is 13.9 Å². The molecule has 1 atom stereocenters. The van der Waals surface area contributed by atoms with Gasteiger partial charge in [-0.3, -0.25) is 4.79 Å². The molecule has 1 rings (SSSR count). The number of rotatable bonds is 6. The molecule has 0 aromatic carbocycles. The second-order valence-corrected chi connectivity index (χ2v) is 4.66. The van der Waals surface area contributed by atoms with Gasteiger partial charge in [-0.15, -0.1) is 0 Å². The Morgan fingerprint density at radius 3 is 2.58 bits per heavy atom. The highest BCUT2D eigenvalue weighted by molar-refractivity contribution is 5.79. The van der Waals surface area contributed by atoms with Gasteiger partial charge in [0.15, 0.2) is 0 Å². The summed E-state index contributed by atoms with van der Waals surface area (Å²) in [6, 6.07) is 0.0188. The Hall–Kier alpha value is -1.50. The number of aromatic nitrogens is 2. The number of carbonyl (C=O) groups excluding carboxylic acids is 1. The Bertz CT molecular complexity index is 443. The zero-order valence-electron chi connectivity index (χ0n) is 11.4. The van der Waals surface area contributed by atoms with Crippen LogP contribution in [-0.2, 0) is 11.2 Å². The largest absolute Gasteiger partial charge is 0.356 e. The summed E-state index contributed by atoms with van der Waals surface area (Å²) >= 11 is 0. The van der Waals surface area contributed by atoms with Crippen LogP contribution in [0.25, 0.3) is 0 Å². The molecule has 0 bridgehead atoms. The van der Waals surface area contributed by atoms with Crippen LogP contribution >= 0.6 is 0 Å². The summed E-state index contributed by atoms with van der Waals surface area (Å²) in [5.41, 5.74) is 6.91. The number of nitrogens with zero attached hydrogens (tertiary/aromatic N) is 2. The summed E-state index contributed by atoms with van der Waals surface area (Å²) in [7, 11) is 0. The maximum Gasteiger partial charge on any atom is 0.333 e. The van der Waals surface area contributed by atoms with Gasteiger partial charge in [-0.25, -0.2) is 4.68 Å². The van der Waals surface area contributed by atoms with Gasteiger partial charge in [0.25, 0.3) is 0 Å².